The van der Waals surface area contributed by atoms with Crippen LogP contribution in [0.25, 0.3) is 0 Å². The minimum atomic E-state index is -4.61. The Bertz CT molecular complexity index is 1540. The van der Waals surface area contributed by atoms with E-state index in [4.69, 9.17) is 28.0 Å². The van der Waals surface area contributed by atoms with Crippen molar-refractivity contribution in [1.82, 2.24) is 5.32 Å². The molecule has 2 fully saturated rings. The van der Waals surface area contributed by atoms with Gasteiger partial charge in [-0.1, -0.05) is 213 Å². The first-order valence-electron chi connectivity index (χ1n) is 30.9. The van der Waals surface area contributed by atoms with E-state index in [9.17, 15) is 50.0 Å². The molecule has 0 saturated carbocycles. The van der Waals surface area contributed by atoms with E-state index >= 15 is 0 Å². The maximum Gasteiger partial charge on any atom is 0.472 e. The van der Waals surface area contributed by atoms with Gasteiger partial charge in [0.1, 0.15) is 62.0 Å². The average Bonchev–Trinajstić information content (AvgIpc) is 3.39. The second kappa shape index (κ2) is 43.5. The fourth-order valence-corrected chi connectivity index (χ4v) is 10.6. The van der Waals surface area contributed by atoms with Gasteiger partial charge < -0.3 is 69.4 Å². The molecule has 78 heavy (non-hydrogen) atoms. The number of carbonyl (C=O) groups is 1. The smallest absolute Gasteiger partial charge is 0.387 e. The predicted octanol–water partition coefficient (Wildman–Crippen LogP) is 9.04. The number of carbonyl (C=O) groups excluding carboxylic acids is 1. The van der Waals surface area contributed by atoms with Crippen molar-refractivity contribution in [3.8, 4) is 0 Å². The molecule has 9 N–H and O–H groups in total. The molecule has 0 aromatic carbocycles. The van der Waals surface area contributed by atoms with Gasteiger partial charge in [-0.25, -0.2) is 4.57 Å². The number of phosphoric ester groups is 1. The van der Waals surface area contributed by atoms with E-state index in [0.717, 1.165) is 50.9 Å². The number of ether oxygens (including phenoxy) is 4. The third-order valence-electron chi connectivity index (χ3n) is 15.1. The number of rotatable bonds is 49. The van der Waals surface area contributed by atoms with Crippen molar-refractivity contribution in [1.29, 1.82) is 0 Å². The summed E-state index contributed by atoms with van der Waals surface area (Å²) in [5.74, 6) is 0.504. The van der Waals surface area contributed by atoms with Gasteiger partial charge >= 0.3 is 7.82 Å². The number of allylic oxidation sites excluding steroid dienone is 1. The summed E-state index contributed by atoms with van der Waals surface area (Å²) >= 11 is 0. The molecule has 0 aromatic heterocycles. The van der Waals surface area contributed by atoms with Crippen LogP contribution in [-0.4, -0.2) is 179 Å². The molecule has 2 rings (SSSR count). The third-order valence-corrected chi connectivity index (χ3v) is 16.1. The Morgan fingerprint density at radius 2 is 1.00 bits per heavy atom. The molecule has 2 heterocycles. The van der Waals surface area contributed by atoms with Gasteiger partial charge in [-0.2, -0.15) is 0 Å². The number of unbranched alkanes of at least 4 members (excludes halogenated alkanes) is 28. The van der Waals surface area contributed by atoms with Gasteiger partial charge in [0, 0.05) is 6.42 Å². The van der Waals surface area contributed by atoms with Crippen LogP contribution < -0.4 is 5.32 Å². The van der Waals surface area contributed by atoms with Crippen LogP contribution in [0.4, 0.5) is 0 Å². The summed E-state index contributed by atoms with van der Waals surface area (Å²) in [5, 5.41) is 78.9. The lowest BCUT2D eigenvalue weighted by Crippen LogP contribution is -2.62. The van der Waals surface area contributed by atoms with Gasteiger partial charge in [0.2, 0.25) is 5.91 Å². The lowest BCUT2D eigenvalue weighted by atomic mass is 9.98. The standard InChI is InChI=1S/C59H115N2O16P/c1-7-8-9-10-11-12-13-14-15-16-17-18-19-20-21-25-28-31-34-37-40-51(63)60-47(48(62)39-36-33-30-27-24-22-23-26-29-32-35-38-46(2)3)43-72-58-56(68)54(66)52(64)49(76-58)44-73-59-57(69)55(67)53(65)50(77-59)45-75-78(70,71)74-42-41-61(4,5)6/h36,39,46-50,52-59,62,64-69H,7-35,37-38,40-45H2,1-6H3,(H-,60,63,70,71)/p+1/b39-36+/t47-,48+,49+,50+,52-,53-,54-,55-,56+,57+,58+,59+/m0/s1. The first-order chi connectivity index (χ1) is 37.3. The number of quaternary nitrogens is 1. The lowest BCUT2D eigenvalue weighted by Gasteiger charge is -2.43. The number of hydrogen-bond donors (Lipinski definition) is 9. The highest BCUT2D eigenvalue weighted by molar-refractivity contribution is 7.47. The topological polar surface area (TPSA) is 263 Å². The molecular formula is C59H116N2O16P+. The summed E-state index contributed by atoms with van der Waals surface area (Å²) in [6.07, 6.45) is 23.9. The first-order valence-corrected chi connectivity index (χ1v) is 32.4. The molecule has 0 spiro atoms. The van der Waals surface area contributed by atoms with Crippen LogP contribution in [0.15, 0.2) is 12.2 Å². The molecule has 0 radical (unpaired) electrons. The summed E-state index contributed by atoms with van der Waals surface area (Å²) < 4.78 is 46.0. The molecule has 18 nitrogen and oxygen atoms in total. The Labute approximate surface area is 471 Å². The fourth-order valence-electron chi connectivity index (χ4n) is 9.87. The van der Waals surface area contributed by atoms with Gasteiger partial charge in [0.15, 0.2) is 12.6 Å². The highest BCUT2D eigenvalue weighted by atomic mass is 31.2. The molecule has 2 aliphatic rings. The van der Waals surface area contributed by atoms with Crippen molar-refractivity contribution < 1.29 is 82.5 Å². The quantitative estimate of drug-likeness (QED) is 0.0119. The molecule has 19 heteroatoms. The largest absolute Gasteiger partial charge is 0.472 e. The van der Waals surface area contributed by atoms with Crippen molar-refractivity contribution in [2.45, 2.75) is 300 Å². The highest BCUT2D eigenvalue weighted by Crippen LogP contribution is 2.44. The number of hydrogen-bond acceptors (Lipinski definition) is 15. The zero-order valence-electron chi connectivity index (χ0n) is 49.6. The maximum atomic E-state index is 13.3. The zero-order valence-corrected chi connectivity index (χ0v) is 50.5. The number of aliphatic hydroxyl groups is 7. The van der Waals surface area contributed by atoms with E-state index in [1.807, 2.05) is 27.2 Å². The molecule has 2 aliphatic heterocycles. The maximum absolute atomic E-state index is 13.3. The molecular weight excluding hydrogens is 1020 g/mol. The number of phosphoric acid groups is 1. The van der Waals surface area contributed by atoms with Crippen LogP contribution >= 0.6 is 7.82 Å². The number of amides is 1. The summed E-state index contributed by atoms with van der Waals surface area (Å²) in [4.78, 5) is 23.5. The van der Waals surface area contributed by atoms with Crippen molar-refractivity contribution in [3.63, 3.8) is 0 Å². The third kappa shape index (κ3) is 34.4. The molecule has 13 atom stereocenters. The highest BCUT2D eigenvalue weighted by Gasteiger charge is 2.48. The normalized spacial score (nSPS) is 25.7. The molecule has 0 aromatic rings. The van der Waals surface area contributed by atoms with Crippen LogP contribution in [0.1, 0.15) is 226 Å². The first kappa shape index (κ1) is 72.9. The van der Waals surface area contributed by atoms with Crippen LogP contribution in [0.3, 0.4) is 0 Å². The van der Waals surface area contributed by atoms with Crippen LogP contribution in [0.5, 0.6) is 0 Å². The second-order valence-electron chi connectivity index (χ2n) is 24.0. The predicted molar refractivity (Wildman–Crippen MR) is 305 cm³/mol. The summed E-state index contributed by atoms with van der Waals surface area (Å²) in [6, 6.07) is -0.955. The Hall–Kier alpha value is -1.16. The molecule has 462 valence electrons. The van der Waals surface area contributed by atoms with Gasteiger partial charge in [0.25, 0.3) is 0 Å². The van der Waals surface area contributed by atoms with Gasteiger partial charge in [-0.3, -0.25) is 13.8 Å². The van der Waals surface area contributed by atoms with Crippen LogP contribution in [-0.2, 0) is 37.4 Å². The van der Waals surface area contributed by atoms with Gasteiger partial charge in [-0.15, -0.1) is 0 Å². The van der Waals surface area contributed by atoms with E-state index < -0.39 is 94.6 Å². The summed E-state index contributed by atoms with van der Waals surface area (Å²) in [5.41, 5.74) is 0. The Morgan fingerprint density at radius 3 is 1.46 bits per heavy atom. The van der Waals surface area contributed by atoms with Crippen molar-refractivity contribution >= 4 is 13.7 Å². The van der Waals surface area contributed by atoms with E-state index in [2.05, 4.69) is 26.1 Å². The van der Waals surface area contributed by atoms with E-state index in [-0.39, 0.29) is 25.5 Å². The van der Waals surface area contributed by atoms with E-state index in [1.54, 1.807) is 6.08 Å². The van der Waals surface area contributed by atoms with E-state index in [0.29, 0.717) is 17.4 Å². The van der Waals surface area contributed by atoms with Gasteiger partial charge in [-0.05, 0) is 25.2 Å². The Balaban J connectivity index is 1.89. The minimum Gasteiger partial charge on any atom is -0.387 e. The number of nitrogens with one attached hydrogen (secondary N) is 1. The monoisotopic (exact) mass is 1140 g/mol. The zero-order chi connectivity index (χ0) is 57.6. The Morgan fingerprint density at radius 1 is 0.577 bits per heavy atom. The SMILES string of the molecule is CCCCCCCCCCCCCCCCCCCCCCC(=O)N[C@@H](CO[C@@H]1O[C@H](CO[C@@H]2O[C@H](COP(=O)(O)OCC[N+](C)(C)C)[C@H](O)[C@H](O)[C@H]2O)[C@H](O)[C@H](O)[C@H]1O)[C@H](O)/C=C/CCCCCCCCCCCC(C)C. The van der Waals surface area contributed by atoms with Gasteiger partial charge in [0.05, 0.1) is 53.1 Å². The molecule has 2 saturated heterocycles. The molecule has 1 unspecified atom stereocenters. The van der Waals surface area contributed by atoms with Crippen molar-refractivity contribution in [2.75, 3.05) is 54.1 Å². The fraction of sp³-hybridized carbons (Fsp3) is 0.949. The van der Waals surface area contributed by atoms with Crippen LogP contribution in [0.2, 0.25) is 0 Å². The van der Waals surface area contributed by atoms with Crippen molar-refractivity contribution in [3.05, 3.63) is 12.2 Å². The number of likely N-dealkylation sites (N-methyl/N-ethyl adjacent to an activating group) is 1. The second-order valence-corrected chi connectivity index (χ2v) is 25.5. The van der Waals surface area contributed by atoms with Crippen molar-refractivity contribution in [2.24, 2.45) is 5.92 Å². The van der Waals surface area contributed by atoms with E-state index in [1.165, 1.54) is 148 Å². The van der Waals surface area contributed by atoms with Crippen LogP contribution in [0, 0.1) is 5.92 Å². The molecule has 0 aliphatic carbocycles. The Kier molecular flexibility index (Phi) is 40.7. The average molecular weight is 1140 g/mol. The minimum absolute atomic E-state index is 0.112. The number of aliphatic hydroxyl groups excluding tert-OH is 7. The number of nitrogens with zero attached hydrogens (tertiary/aromatic N) is 1. The molecule has 0 bridgehead atoms. The lowest BCUT2D eigenvalue weighted by molar-refractivity contribution is -0.870. The molecule has 1 amide bonds. The summed E-state index contributed by atoms with van der Waals surface area (Å²) in [7, 11) is 0.994. The summed E-state index contributed by atoms with van der Waals surface area (Å²) in [6.45, 7) is 5.42.